The lowest BCUT2D eigenvalue weighted by Gasteiger charge is -2.35. The highest BCUT2D eigenvalue weighted by Gasteiger charge is 2.26. The molecule has 0 unspecified atom stereocenters. The number of aliphatic hydroxyl groups excluding tert-OH is 1. The van der Waals surface area contributed by atoms with Crippen LogP contribution in [0.4, 0.5) is 0 Å². The van der Waals surface area contributed by atoms with Gasteiger partial charge in [0, 0.05) is 32.7 Å². The molecule has 0 spiro atoms. The average Bonchev–Trinajstić information content (AvgIpc) is 2.80. The number of thiophene rings is 1. The number of nitrogens with two attached hydrogens (primary N) is 1. The third-order valence-electron chi connectivity index (χ3n) is 3.55. The summed E-state index contributed by atoms with van der Waals surface area (Å²) in [5.74, 6) is -0.158. The lowest BCUT2D eigenvalue weighted by atomic mass is 10.2. The van der Waals surface area contributed by atoms with E-state index in [9.17, 15) is 18.3 Å². The number of amides is 1. The van der Waals surface area contributed by atoms with E-state index in [1.807, 2.05) is 0 Å². The van der Waals surface area contributed by atoms with Gasteiger partial charge in [-0.3, -0.25) is 9.69 Å². The van der Waals surface area contributed by atoms with Gasteiger partial charge in [-0.05, 0) is 25.5 Å². The molecule has 22 heavy (non-hydrogen) atoms. The van der Waals surface area contributed by atoms with Crippen molar-refractivity contribution >= 4 is 27.3 Å². The molecule has 3 N–H and O–H groups in total. The zero-order valence-electron chi connectivity index (χ0n) is 12.7. The monoisotopic (exact) mass is 347 g/mol. The Bertz CT molecular complexity index is 646. The van der Waals surface area contributed by atoms with Crippen molar-refractivity contribution in [2.24, 2.45) is 5.14 Å². The van der Waals surface area contributed by atoms with Gasteiger partial charge in [0.1, 0.15) is 4.21 Å². The zero-order valence-corrected chi connectivity index (χ0v) is 14.3. The van der Waals surface area contributed by atoms with E-state index >= 15 is 0 Å². The molecule has 1 aromatic rings. The lowest BCUT2D eigenvalue weighted by Crippen LogP contribution is -2.50. The van der Waals surface area contributed by atoms with Crippen LogP contribution in [0.5, 0.6) is 0 Å². The van der Waals surface area contributed by atoms with Crippen molar-refractivity contribution in [1.29, 1.82) is 0 Å². The van der Waals surface area contributed by atoms with Gasteiger partial charge in [-0.25, -0.2) is 13.6 Å². The number of aryl methyl sites for hydroxylation is 1. The Morgan fingerprint density at radius 1 is 1.41 bits per heavy atom. The fraction of sp³-hybridized carbons (Fsp3) is 0.615. The minimum atomic E-state index is -3.78. The van der Waals surface area contributed by atoms with Crippen LogP contribution in [0, 0.1) is 6.92 Å². The number of sulfonamides is 1. The molecule has 1 fully saturated rings. The molecule has 124 valence electrons. The van der Waals surface area contributed by atoms with E-state index in [0.717, 1.165) is 11.3 Å². The van der Waals surface area contributed by atoms with E-state index in [4.69, 9.17) is 5.14 Å². The smallest absolute Gasteiger partial charge is 0.264 e. The van der Waals surface area contributed by atoms with Gasteiger partial charge in [0.25, 0.3) is 5.91 Å². The lowest BCUT2D eigenvalue weighted by molar-refractivity contribution is 0.0557. The predicted molar refractivity (Wildman–Crippen MR) is 84.5 cm³/mol. The van der Waals surface area contributed by atoms with Crippen LogP contribution in [0.25, 0.3) is 0 Å². The van der Waals surface area contributed by atoms with Crippen molar-refractivity contribution in [3.63, 3.8) is 0 Å². The van der Waals surface area contributed by atoms with Gasteiger partial charge in [-0.15, -0.1) is 11.3 Å². The molecule has 1 atom stereocenters. The number of rotatable bonds is 4. The van der Waals surface area contributed by atoms with Crippen LogP contribution in [0.2, 0.25) is 0 Å². The zero-order chi connectivity index (χ0) is 16.5. The van der Waals surface area contributed by atoms with Gasteiger partial charge in [-0.2, -0.15) is 0 Å². The third kappa shape index (κ3) is 4.05. The standard InChI is InChI=1S/C13H21N3O4S2/c1-9-7-11(22(14,19)20)21-12(9)13(18)16-5-3-15(4-6-16)8-10(2)17/h7,10,17H,3-6,8H2,1-2H3,(H2,14,19,20)/t10-/m1/s1. The van der Waals surface area contributed by atoms with Gasteiger partial charge in [0.2, 0.25) is 10.0 Å². The molecule has 1 aliphatic heterocycles. The van der Waals surface area contributed by atoms with Crippen LogP contribution in [-0.4, -0.2) is 68.1 Å². The molecule has 0 aromatic carbocycles. The SMILES string of the molecule is Cc1cc(S(N)(=O)=O)sc1C(=O)N1CCN(C[C@@H](C)O)CC1. The van der Waals surface area contributed by atoms with Gasteiger partial charge in [0.15, 0.2) is 0 Å². The van der Waals surface area contributed by atoms with Crippen molar-refractivity contribution in [3.05, 3.63) is 16.5 Å². The van der Waals surface area contributed by atoms with Crippen molar-refractivity contribution in [2.75, 3.05) is 32.7 Å². The largest absolute Gasteiger partial charge is 0.392 e. The molecule has 7 nitrogen and oxygen atoms in total. The Morgan fingerprint density at radius 3 is 2.45 bits per heavy atom. The summed E-state index contributed by atoms with van der Waals surface area (Å²) in [7, 11) is -3.78. The molecule has 1 saturated heterocycles. The Kier molecular flexibility index (Phi) is 5.23. The summed E-state index contributed by atoms with van der Waals surface area (Å²) in [5.41, 5.74) is 0.630. The number of primary sulfonamides is 1. The first kappa shape index (κ1) is 17.4. The van der Waals surface area contributed by atoms with Gasteiger partial charge < -0.3 is 10.0 Å². The minimum Gasteiger partial charge on any atom is -0.392 e. The second-order valence-corrected chi connectivity index (χ2v) is 8.40. The molecular weight excluding hydrogens is 326 g/mol. The minimum absolute atomic E-state index is 0.0149. The molecule has 0 radical (unpaired) electrons. The van der Waals surface area contributed by atoms with Crippen LogP contribution in [0.1, 0.15) is 22.2 Å². The van der Waals surface area contributed by atoms with Gasteiger partial charge in [0.05, 0.1) is 11.0 Å². The van der Waals surface area contributed by atoms with E-state index in [2.05, 4.69) is 4.90 Å². The fourth-order valence-corrected chi connectivity index (χ4v) is 4.39. The number of β-amino-alcohol motifs (C(OH)–C–C–N with tert-alkyl or cyclic N) is 1. The summed E-state index contributed by atoms with van der Waals surface area (Å²) < 4.78 is 22.8. The number of piperazine rings is 1. The maximum absolute atomic E-state index is 12.5. The number of hydrogen-bond donors (Lipinski definition) is 2. The van der Waals surface area contributed by atoms with Crippen LogP contribution in [0.3, 0.4) is 0 Å². The maximum atomic E-state index is 12.5. The first-order valence-electron chi connectivity index (χ1n) is 7.01. The van der Waals surface area contributed by atoms with Crippen molar-refractivity contribution in [3.8, 4) is 0 Å². The summed E-state index contributed by atoms with van der Waals surface area (Å²) in [6.45, 7) is 6.56. The molecule has 2 heterocycles. The first-order chi connectivity index (χ1) is 10.2. The summed E-state index contributed by atoms with van der Waals surface area (Å²) in [6.07, 6.45) is -0.390. The second kappa shape index (κ2) is 6.63. The van der Waals surface area contributed by atoms with Crippen molar-refractivity contribution < 1.29 is 18.3 Å². The molecule has 0 bridgehead atoms. The number of carbonyl (C=O) groups is 1. The van der Waals surface area contributed by atoms with Crippen LogP contribution in [-0.2, 0) is 10.0 Å². The molecule has 1 aliphatic rings. The molecular formula is C13H21N3O4S2. The van der Waals surface area contributed by atoms with Gasteiger partial charge in [-0.1, -0.05) is 0 Å². The van der Waals surface area contributed by atoms with E-state index in [1.165, 1.54) is 6.07 Å². The summed E-state index contributed by atoms with van der Waals surface area (Å²) in [5, 5.41) is 14.5. The Balaban J connectivity index is 2.06. The summed E-state index contributed by atoms with van der Waals surface area (Å²) in [6, 6.07) is 1.44. The van der Waals surface area contributed by atoms with Crippen LogP contribution < -0.4 is 5.14 Å². The number of nitrogens with zero attached hydrogens (tertiary/aromatic N) is 2. The summed E-state index contributed by atoms with van der Waals surface area (Å²) in [4.78, 5) is 16.8. The molecule has 0 aliphatic carbocycles. The number of hydrogen-bond acceptors (Lipinski definition) is 6. The normalized spacial score (nSPS) is 18.5. The van der Waals surface area contributed by atoms with Crippen LogP contribution >= 0.6 is 11.3 Å². The van der Waals surface area contributed by atoms with Crippen molar-refractivity contribution in [2.45, 2.75) is 24.2 Å². The molecule has 1 amide bonds. The van der Waals surface area contributed by atoms with E-state index in [-0.39, 0.29) is 16.2 Å². The molecule has 2 rings (SSSR count). The Labute approximate surface area is 134 Å². The second-order valence-electron chi connectivity index (χ2n) is 5.56. The van der Waals surface area contributed by atoms with E-state index < -0.39 is 10.0 Å². The first-order valence-corrected chi connectivity index (χ1v) is 9.37. The third-order valence-corrected chi connectivity index (χ3v) is 6.20. The molecule has 0 saturated carbocycles. The van der Waals surface area contributed by atoms with E-state index in [0.29, 0.717) is 43.2 Å². The Hall–Kier alpha value is -1.00. The quantitative estimate of drug-likeness (QED) is 0.788. The highest BCUT2D eigenvalue weighted by Crippen LogP contribution is 2.26. The van der Waals surface area contributed by atoms with Crippen LogP contribution in [0.15, 0.2) is 10.3 Å². The van der Waals surface area contributed by atoms with Gasteiger partial charge >= 0.3 is 0 Å². The highest BCUT2D eigenvalue weighted by atomic mass is 32.2. The van der Waals surface area contributed by atoms with Crippen molar-refractivity contribution in [1.82, 2.24) is 9.80 Å². The average molecular weight is 347 g/mol. The summed E-state index contributed by atoms with van der Waals surface area (Å²) >= 11 is 0.922. The maximum Gasteiger partial charge on any atom is 0.264 e. The predicted octanol–water partition coefficient (Wildman–Crippen LogP) is -0.157. The van der Waals surface area contributed by atoms with E-state index in [1.54, 1.807) is 18.7 Å². The highest BCUT2D eigenvalue weighted by molar-refractivity contribution is 7.91. The Morgan fingerprint density at radius 2 is 2.00 bits per heavy atom. The molecule has 9 heteroatoms. The topological polar surface area (TPSA) is 104 Å². The molecule has 1 aromatic heterocycles. The number of carbonyl (C=O) groups excluding carboxylic acids is 1. The fourth-order valence-electron chi connectivity index (χ4n) is 2.46. The number of aliphatic hydroxyl groups is 1.